The van der Waals surface area contributed by atoms with E-state index in [0.29, 0.717) is 17.4 Å². The second-order valence-corrected chi connectivity index (χ2v) is 7.11. The molecule has 3 heterocycles. The van der Waals surface area contributed by atoms with Gasteiger partial charge < -0.3 is 8.98 Å². The van der Waals surface area contributed by atoms with E-state index in [-0.39, 0.29) is 23.8 Å². The van der Waals surface area contributed by atoms with Gasteiger partial charge in [-0.25, -0.2) is 4.98 Å². The Morgan fingerprint density at radius 1 is 1.18 bits per heavy atom. The highest BCUT2D eigenvalue weighted by Gasteiger charge is 2.23. The highest BCUT2D eigenvalue weighted by atomic mass is 32.1. The number of furan rings is 1. The van der Waals surface area contributed by atoms with Gasteiger partial charge in [-0.2, -0.15) is 0 Å². The summed E-state index contributed by atoms with van der Waals surface area (Å²) < 4.78 is 8.24. The number of carbonyl (C=O) groups excluding carboxylic acids is 1. The average Bonchev–Trinajstić information content (AvgIpc) is 3.34. The quantitative estimate of drug-likeness (QED) is 0.467. The third-order valence-electron chi connectivity index (χ3n) is 4.17. The summed E-state index contributed by atoms with van der Waals surface area (Å²) in [6.45, 7) is 4.31. The number of thiazole rings is 1. The predicted molar refractivity (Wildman–Crippen MR) is 110 cm³/mol. The molecule has 7 heteroatoms. The summed E-state index contributed by atoms with van der Waals surface area (Å²) >= 11 is 1.44. The first kappa shape index (κ1) is 17.9. The monoisotopic (exact) mass is 391 g/mol. The van der Waals surface area contributed by atoms with Crippen LogP contribution in [-0.4, -0.2) is 22.0 Å². The van der Waals surface area contributed by atoms with Gasteiger partial charge >= 0.3 is 0 Å². The zero-order chi connectivity index (χ0) is 19.5. The van der Waals surface area contributed by atoms with E-state index in [1.54, 1.807) is 36.5 Å². The summed E-state index contributed by atoms with van der Waals surface area (Å²) in [4.78, 5) is 31.0. The van der Waals surface area contributed by atoms with Crippen LogP contribution in [0.15, 0.2) is 82.7 Å². The van der Waals surface area contributed by atoms with E-state index in [9.17, 15) is 9.59 Å². The SMILES string of the molecule is C=CCN(C(=O)c1ccc(Cn2ccccc2=O)o1)c1nc2ccccc2s1. The zero-order valence-electron chi connectivity index (χ0n) is 14.9. The molecule has 0 fully saturated rings. The lowest BCUT2D eigenvalue weighted by molar-refractivity contribution is 0.0961. The molecular weight excluding hydrogens is 374 g/mol. The number of nitrogens with zero attached hydrogens (tertiary/aromatic N) is 3. The van der Waals surface area contributed by atoms with Crippen molar-refractivity contribution in [2.45, 2.75) is 6.54 Å². The third-order valence-corrected chi connectivity index (χ3v) is 5.23. The van der Waals surface area contributed by atoms with E-state index >= 15 is 0 Å². The molecule has 3 aromatic heterocycles. The fraction of sp³-hybridized carbons (Fsp3) is 0.0952. The van der Waals surface area contributed by atoms with Crippen molar-refractivity contribution in [1.29, 1.82) is 0 Å². The molecular formula is C21H17N3O3S. The summed E-state index contributed by atoms with van der Waals surface area (Å²) in [5.74, 6) is 0.421. The molecule has 4 aromatic rings. The van der Waals surface area contributed by atoms with E-state index < -0.39 is 0 Å². The van der Waals surface area contributed by atoms with Crippen LogP contribution in [0.4, 0.5) is 5.13 Å². The number of hydrogen-bond donors (Lipinski definition) is 0. The van der Waals surface area contributed by atoms with Gasteiger partial charge in [-0.05, 0) is 30.3 Å². The standard InChI is InChI=1S/C21H17N3O3S/c1-2-12-24(21-22-16-7-3-4-8-18(16)28-21)20(26)17-11-10-15(27-17)14-23-13-6-5-9-19(23)25/h2-11,13H,1,12,14H2. The molecule has 0 unspecified atom stereocenters. The van der Waals surface area contributed by atoms with E-state index in [1.807, 2.05) is 24.3 Å². The van der Waals surface area contributed by atoms with Crippen molar-refractivity contribution in [3.05, 3.63) is 95.3 Å². The molecule has 0 atom stereocenters. The number of para-hydroxylation sites is 1. The highest BCUT2D eigenvalue weighted by molar-refractivity contribution is 7.22. The van der Waals surface area contributed by atoms with Crippen molar-refractivity contribution in [3.63, 3.8) is 0 Å². The van der Waals surface area contributed by atoms with E-state index in [4.69, 9.17) is 4.42 Å². The summed E-state index contributed by atoms with van der Waals surface area (Å²) in [6, 6.07) is 16.0. The molecule has 0 bridgehead atoms. The number of carbonyl (C=O) groups is 1. The van der Waals surface area contributed by atoms with Crippen LogP contribution < -0.4 is 10.5 Å². The first-order valence-electron chi connectivity index (χ1n) is 8.68. The van der Waals surface area contributed by atoms with Crippen molar-refractivity contribution in [3.8, 4) is 0 Å². The van der Waals surface area contributed by atoms with Gasteiger partial charge in [0.25, 0.3) is 11.5 Å². The second-order valence-electron chi connectivity index (χ2n) is 6.10. The lowest BCUT2D eigenvalue weighted by Gasteiger charge is -2.16. The Bertz CT molecular complexity index is 1170. The molecule has 1 aromatic carbocycles. The molecule has 28 heavy (non-hydrogen) atoms. The largest absolute Gasteiger partial charge is 0.454 e. The van der Waals surface area contributed by atoms with Gasteiger partial charge in [0.05, 0.1) is 16.8 Å². The number of aromatic nitrogens is 2. The minimum Gasteiger partial charge on any atom is -0.454 e. The summed E-state index contributed by atoms with van der Waals surface area (Å²) in [7, 11) is 0. The van der Waals surface area contributed by atoms with E-state index in [2.05, 4.69) is 11.6 Å². The number of amides is 1. The highest BCUT2D eigenvalue weighted by Crippen LogP contribution is 2.29. The molecule has 0 aliphatic rings. The molecule has 0 radical (unpaired) electrons. The fourth-order valence-electron chi connectivity index (χ4n) is 2.82. The molecule has 0 N–H and O–H groups in total. The minimum absolute atomic E-state index is 0.130. The Morgan fingerprint density at radius 2 is 2.00 bits per heavy atom. The van der Waals surface area contributed by atoms with Crippen molar-refractivity contribution in [2.75, 3.05) is 11.4 Å². The maximum absolute atomic E-state index is 13.0. The van der Waals surface area contributed by atoms with Crippen LogP contribution in [0.5, 0.6) is 0 Å². The second kappa shape index (κ2) is 7.66. The van der Waals surface area contributed by atoms with Crippen LogP contribution in [0.3, 0.4) is 0 Å². The molecule has 0 spiro atoms. The Morgan fingerprint density at radius 3 is 2.79 bits per heavy atom. The van der Waals surface area contributed by atoms with Crippen LogP contribution in [0.2, 0.25) is 0 Å². The first-order valence-corrected chi connectivity index (χ1v) is 9.50. The van der Waals surface area contributed by atoms with Crippen molar-refractivity contribution in [2.24, 2.45) is 0 Å². The topological polar surface area (TPSA) is 68.3 Å². The summed E-state index contributed by atoms with van der Waals surface area (Å²) in [5.41, 5.74) is 0.711. The van der Waals surface area contributed by atoms with Gasteiger partial charge in [0.1, 0.15) is 5.76 Å². The molecule has 0 aliphatic carbocycles. The number of hydrogen-bond acceptors (Lipinski definition) is 5. The maximum atomic E-state index is 13.0. The number of rotatable bonds is 6. The number of anilines is 1. The molecule has 0 saturated heterocycles. The number of benzene rings is 1. The Hall–Kier alpha value is -3.45. The van der Waals surface area contributed by atoms with Crippen LogP contribution in [0.1, 0.15) is 16.3 Å². The van der Waals surface area contributed by atoms with Gasteiger partial charge in [0.15, 0.2) is 10.9 Å². The van der Waals surface area contributed by atoms with E-state index in [1.165, 1.54) is 26.9 Å². The molecule has 6 nitrogen and oxygen atoms in total. The molecule has 4 rings (SSSR count). The van der Waals surface area contributed by atoms with E-state index in [0.717, 1.165) is 10.2 Å². The van der Waals surface area contributed by atoms with Gasteiger partial charge in [-0.3, -0.25) is 14.5 Å². The van der Waals surface area contributed by atoms with Gasteiger partial charge in [-0.15, -0.1) is 6.58 Å². The Kier molecular flexibility index (Phi) is 4.90. The molecule has 0 aliphatic heterocycles. The van der Waals surface area contributed by atoms with Gasteiger partial charge in [0.2, 0.25) is 0 Å². The van der Waals surface area contributed by atoms with Gasteiger partial charge in [0, 0.05) is 18.8 Å². The normalized spacial score (nSPS) is 10.9. The lowest BCUT2D eigenvalue weighted by Crippen LogP contribution is -2.30. The van der Waals surface area contributed by atoms with Crippen LogP contribution in [0, 0.1) is 0 Å². The third kappa shape index (κ3) is 3.52. The van der Waals surface area contributed by atoms with Crippen molar-refractivity contribution < 1.29 is 9.21 Å². The zero-order valence-corrected chi connectivity index (χ0v) is 15.8. The summed E-state index contributed by atoms with van der Waals surface area (Å²) in [6.07, 6.45) is 3.33. The molecule has 0 saturated carbocycles. The number of fused-ring (bicyclic) bond motifs is 1. The number of pyridine rings is 1. The molecule has 140 valence electrons. The lowest BCUT2D eigenvalue weighted by atomic mass is 10.3. The fourth-order valence-corrected chi connectivity index (χ4v) is 3.80. The first-order chi connectivity index (χ1) is 13.7. The average molecular weight is 391 g/mol. The van der Waals surface area contributed by atoms with Crippen LogP contribution in [0.25, 0.3) is 10.2 Å². The maximum Gasteiger partial charge on any atom is 0.296 e. The Labute approximate surface area is 165 Å². The van der Waals surface area contributed by atoms with Crippen LogP contribution in [-0.2, 0) is 6.54 Å². The van der Waals surface area contributed by atoms with Crippen LogP contribution >= 0.6 is 11.3 Å². The minimum atomic E-state index is -0.300. The Balaban J connectivity index is 1.61. The van der Waals surface area contributed by atoms with Crippen molar-refractivity contribution >= 4 is 32.6 Å². The summed E-state index contributed by atoms with van der Waals surface area (Å²) in [5, 5.41) is 0.586. The molecule has 1 amide bonds. The van der Waals surface area contributed by atoms with Gasteiger partial charge in [-0.1, -0.05) is 35.6 Å². The van der Waals surface area contributed by atoms with Crippen molar-refractivity contribution in [1.82, 2.24) is 9.55 Å². The smallest absolute Gasteiger partial charge is 0.296 e. The predicted octanol–water partition coefficient (Wildman–Crippen LogP) is 3.93.